The average Bonchev–Trinajstić information content (AvgIpc) is 2.79. The Bertz CT molecular complexity index is 800. The lowest BCUT2D eigenvalue weighted by Crippen LogP contribution is -1.95. The summed E-state index contributed by atoms with van der Waals surface area (Å²) in [6.07, 6.45) is 1.41. The Balaban J connectivity index is 2.39. The average molecular weight is 299 g/mol. The number of aliphatic imine (C=N–C) groups is 1. The third kappa shape index (κ3) is 2.81. The molecule has 0 bridgehead atoms. The monoisotopic (exact) mass is 299 g/mol. The van der Waals surface area contributed by atoms with Crippen molar-refractivity contribution in [1.29, 1.82) is 5.26 Å². The Hall–Kier alpha value is -3.14. The van der Waals surface area contributed by atoms with E-state index >= 15 is 0 Å². The summed E-state index contributed by atoms with van der Waals surface area (Å²) in [6, 6.07) is 6.50. The van der Waals surface area contributed by atoms with Gasteiger partial charge in [-0.25, -0.2) is 4.99 Å². The van der Waals surface area contributed by atoms with E-state index in [2.05, 4.69) is 4.99 Å². The summed E-state index contributed by atoms with van der Waals surface area (Å²) in [5, 5.41) is 20.1. The summed E-state index contributed by atoms with van der Waals surface area (Å²) in [7, 11) is 1.36. The molecule has 0 fully saturated rings. The Morgan fingerprint density at radius 3 is 2.77 bits per heavy atom. The number of benzene rings is 1. The number of ether oxygens (including phenoxy) is 1. The minimum absolute atomic E-state index is 0.154. The fourth-order valence-corrected chi connectivity index (χ4v) is 1.89. The van der Waals surface area contributed by atoms with Crippen LogP contribution in [0.4, 0.5) is 11.6 Å². The number of nitriles is 1. The molecule has 1 aromatic carbocycles. The quantitative estimate of drug-likeness (QED) is 0.489. The largest absolute Gasteiger partial charge is 0.490 e. The molecule has 2 rings (SSSR count). The van der Waals surface area contributed by atoms with Gasteiger partial charge in [0.2, 0.25) is 5.88 Å². The summed E-state index contributed by atoms with van der Waals surface area (Å²) < 4.78 is 10.3. The van der Waals surface area contributed by atoms with Gasteiger partial charge >= 0.3 is 5.69 Å². The van der Waals surface area contributed by atoms with Crippen LogP contribution in [0.15, 0.2) is 27.6 Å². The fourth-order valence-electron chi connectivity index (χ4n) is 1.89. The van der Waals surface area contributed by atoms with Crippen molar-refractivity contribution in [2.24, 2.45) is 4.99 Å². The van der Waals surface area contributed by atoms with Crippen LogP contribution in [0, 0.1) is 35.3 Å². The van der Waals surface area contributed by atoms with Crippen LogP contribution in [0.25, 0.3) is 0 Å². The molecule has 112 valence electrons. The molecule has 0 spiro atoms. The van der Waals surface area contributed by atoms with Gasteiger partial charge in [0.1, 0.15) is 17.4 Å². The van der Waals surface area contributed by atoms with E-state index in [1.165, 1.54) is 25.5 Å². The Morgan fingerprint density at radius 1 is 1.45 bits per heavy atom. The van der Waals surface area contributed by atoms with Crippen LogP contribution in [-0.2, 0) is 0 Å². The smallest absolute Gasteiger partial charge is 0.311 e. The molecule has 0 saturated carbocycles. The van der Waals surface area contributed by atoms with Crippen molar-refractivity contribution in [3.63, 3.8) is 0 Å². The summed E-state index contributed by atoms with van der Waals surface area (Å²) >= 11 is 0. The molecular formula is C15H13N3O4. The van der Waals surface area contributed by atoms with Gasteiger partial charge in [-0.1, -0.05) is 0 Å². The van der Waals surface area contributed by atoms with Crippen molar-refractivity contribution in [1.82, 2.24) is 0 Å². The first-order valence-corrected chi connectivity index (χ1v) is 6.34. The number of nitro groups is 1. The van der Waals surface area contributed by atoms with E-state index in [1.807, 2.05) is 6.07 Å². The molecule has 7 nitrogen and oxygen atoms in total. The highest BCUT2D eigenvalue weighted by Gasteiger charge is 2.15. The molecule has 0 saturated heterocycles. The lowest BCUT2D eigenvalue weighted by molar-refractivity contribution is -0.385. The first-order chi connectivity index (χ1) is 10.5. The molecule has 2 aromatic rings. The van der Waals surface area contributed by atoms with E-state index in [9.17, 15) is 10.1 Å². The number of nitro benzene ring substituents is 1. The molecule has 0 atom stereocenters. The van der Waals surface area contributed by atoms with Gasteiger partial charge in [-0.2, -0.15) is 5.26 Å². The van der Waals surface area contributed by atoms with Crippen molar-refractivity contribution in [3.05, 3.63) is 50.8 Å². The Labute approximate surface area is 126 Å². The topological polar surface area (TPSA) is 102 Å². The molecule has 1 heterocycles. The molecule has 1 aromatic heterocycles. The van der Waals surface area contributed by atoms with E-state index < -0.39 is 4.92 Å². The SMILES string of the molecule is COc1ccc(C=Nc2oc(C)c(C)c2C#N)cc1[N+](=O)[O-]. The van der Waals surface area contributed by atoms with Crippen LogP contribution in [0.3, 0.4) is 0 Å². The van der Waals surface area contributed by atoms with Gasteiger partial charge in [-0.05, 0) is 31.5 Å². The second kappa shape index (κ2) is 6.10. The predicted molar refractivity (Wildman–Crippen MR) is 79.8 cm³/mol. The van der Waals surface area contributed by atoms with E-state index in [0.29, 0.717) is 16.9 Å². The molecule has 0 amide bonds. The summed E-state index contributed by atoms with van der Waals surface area (Å²) in [6.45, 7) is 3.52. The first kappa shape index (κ1) is 15.3. The highest BCUT2D eigenvalue weighted by Crippen LogP contribution is 2.29. The maximum atomic E-state index is 11.0. The Kier molecular flexibility index (Phi) is 4.23. The first-order valence-electron chi connectivity index (χ1n) is 6.34. The lowest BCUT2D eigenvalue weighted by Gasteiger charge is -2.01. The van der Waals surface area contributed by atoms with Gasteiger partial charge in [0.25, 0.3) is 0 Å². The molecule has 0 aliphatic carbocycles. The van der Waals surface area contributed by atoms with E-state index in [-0.39, 0.29) is 17.3 Å². The van der Waals surface area contributed by atoms with E-state index in [1.54, 1.807) is 19.9 Å². The zero-order chi connectivity index (χ0) is 16.3. The summed E-state index contributed by atoms with van der Waals surface area (Å²) in [5.74, 6) is 0.977. The second-order valence-electron chi connectivity index (χ2n) is 4.52. The fraction of sp³-hybridized carbons (Fsp3) is 0.200. The molecule has 22 heavy (non-hydrogen) atoms. The van der Waals surface area contributed by atoms with E-state index in [4.69, 9.17) is 14.4 Å². The number of aryl methyl sites for hydroxylation is 1. The highest BCUT2D eigenvalue weighted by atomic mass is 16.6. The van der Waals surface area contributed by atoms with Crippen LogP contribution in [0.5, 0.6) is 5.75 Å². The van der Waals surface area contributed by atoms with Crippen molar-refractivity contribution in [2.75, 3.05) is 7.11 Å². The van der Waals surface area contributed by atoms with Gasteiger partial charge in [-0.15, -0.1) is 0 Å². The highest BCUT2D eigenvalue weighted by molar-refractivity contribution is 5.83. The van der Waals surface area contributed by atoms with Crippen molar-refractivity contribution < 1.29 is 14.1 Å². The van der Waals surface area contributed by atoms with Crippen molar-refractivity contribution >= 4 is 17.8 Å². The number of methoxy groups -OCH3 is 1. The molecule has 0 unspecified atom stereocenters. The van der Waals surface area contributed by atoms with Crippen LogP contribution < -0.4 is 4.74 Å². The van der Waals surface area contributed by atoms with Crippen LogP contribution >= 0.6 is 0 Å². The minimum Gasteiger partial charge on any atom is -0.490 e. The van der Waals surface area contributed by atoms with Crippen LogP contribution in [0.2, 0.25) is 0 Å². The molecule has 0 aliphatic rings. The van der Waals surface area contributed by atoms with Gasteiger partial charge in [-0.3, -0.25) is 10.1 Å². The standard InChI is InChI=1S/C15H13N3O4/c1-9-10(2)22-15(12(9)7-16)17-8-11-4-5-14(21-3)13(6-11)18(19)20/h4-6,8H,1-3H3. The third-order valence-corrected chi connectivity index (χ3v) is 3.21. The zero-order valence-corrected chi connectivity index (χ0v) is 12.3. The predicted octanol–water partition coefficient (Wildman–Crippen LogP) is 3.44. The summed E-state index contributed by atoms with van der Waals surface area (Å²) in [5.41, 5.74) is 1.44. The van der Waals surface area contributed by atoms with Crippen molar-refractivity contribution in [2.45, 2.75) is 13.8 Å². The molecule has 0 aliphatic heterocycles. The maximum absolute atomic E-state index is 11.0. The van der Waals surface area contributed by atoms with Gasteiger partial charge in [0.15, 0.2) is 5.75 Å². The van der Waals surface area contributed by atoms with Gasteiger partial charge < -0.3 is 9.15 Å². The molecular weight excluding hydrogens is 286 g/mol. The minimum atomic E-state index is -0.530. The number of rotatable bonds is 4. The second-order valence-corrected chi connectivity index (χ2v) is 4.52. The van der Waals surface area contributed by atoms with Crippen molar-refractivity contribution in [3.8, 4) is 11.8 Å². The summed E-state index contributed by atoms with van der Waals surface area (Å²) in [4.78, 5) is 14.6. The maximum Gasteiger partial charge on any atom is 0.311 e. The molecule has 0 N–H and O–H groups in total. The normalized spacial score (nSPS) is 10.6. The Morgan fingerprint density at radius 2 is 2.18 bits per heavy atom. The zero-order valence-electron chi connectivity index (χ0n) is 12.3. The number of nitrogens with zero attached hydrogens (tertiary/aromatic N) is 3. The number of hydrogen-bond donors (Lipinski definition) is 0. The number of furan rings is 1. The van der Waals surface area contributed by atoms with Gasteiger partial charge in [0.05, 0.1) is 12.0 Å². The van der Waals surface area contributed by atoms with Crippen LogP contribution in [-0.4, -0.2) is 18.2 Å². The molecule has 7 heteroatoms. The van der Waals surface area contributed by atoms with E-state index in [0.717, 1.165) is 5.56 Å². The number of hydrogen-bond acceptors (Lipinski definition) is 6. The van der Waals surface area contributed by atoms with Gasteiger partial charge in [0, 0.05) is 17.8 Å². The third-order valence-electron chi connectivity index (χ3n) is 3.21. The van der Waals surface area contributed by atoms with Crippen LogP contribution in [0.1, 0.15) is 22.5 Å². The molecule has 0 radical (unpaired) electrons. The lowest BCUT2D eigenvalue weighted by atomic mass is 10.2.